The number of aromatic nitrogens is 4. The Hall–Kier alpha value is -2.85. The van der Waals surface area contributed by atoms with Gasteiger partial charge in [-0.05, 0) is 48.9 Å². The highest BCUT2D eigenvalue weighted by Gasteiger charge is 2.24. The van der Waals surface area contributed by atoms with Crippen LogP contribution in [-0.2, 0) is 19.4 Å². The molecule has 188 valence electrons. The van der Waals surface area contributed by atoms with Crippen LogP contribution in [0.2, 0.25) is 5.02 Å². The number of aryl methyl sites for hydroxylation is 2. The van der Waals surface area contributed by atoms with Crippen LogP contribution in [-0.4, -0.2) is 51.0 Å². The van der Waals surface area contributed by atoms with Gasteiger partial charge in [-0.15, -0.1) is 22.7 Å². The third-order valence-electron chi connectivity index (χ3n) is 7.42. The fourth-order valence-corrected chi connectivity index (χ4v) is 7.87. The molecule has 0 saturated carbocycles. The lowest BCUT2D eigenvalue weighted by Gasteiger charge is -2.35. The highest BCUT2D eigenvalue weighted by molar-refractivity contribution is 7.18. The molecule has 1 saturated heterocycles. The summed E-state index contributed by atoms with van der Waals surface area (Å²) in [5, 5.41) is 4.81. The summed E-state index contributed by atoms with van der Waals surface area (Å²) in [5.74, 6) is 1.74. The molecule has 0 atom stereocenters. The molecule has 10 heteroatoms. The first-order valence-electron chi connectivity index (χ1n) is 12.6. The van der Waals surface area contributed by atoms with E-state index >= 15 is 0 Å². The molecule has 37 heavy (non-hydrogen) atoms. The van der Waals surface area contributed by atoms with Crippen molar-refractivity contribution in [2.24, 2.45) is 0 Å². The number of nitrogens with one attached hydrogen (secondary N) is 1. The summed E-state index contributed by atoms with van der Waals surface area (Å²) in [6, 6.07) is 7.94. The molecule has 7 rings (SSSR count). The zero-order valence-corrected chi connectivity index (χ0v) is 22.6. The molecule has 1 fully saturated rings. The van der Waals surface area contributed by atoms with Gasteiger partial charge in [0.2, 0.25) is 0 Å². The fourth-order valence-electron chi connectivity index (χ4n) is 5.55. The van der Waals surface area contributed by atoms with Crippen molar-refractivity contribution in [3.05, 3.63) is 67.6 Å². The molecule has 1 N–H and O–H groups in total. The van der Waals surface area contributed by atoms with Gasteiger partial charge in [0.15, 0.2) is 0 Å². The van der Waals surface area contributed by atoms with E-state index in [1.54, 1.807) is 29.0 Å². The summed E-state index contributed by atoms with van der Waals surface area (Å²) in [4.78, 5) is 38.1. The van der Waals surface area contributed by atoms with E-state index in [-0.39, 0.29) is 5.56 Å². The van der Waals surface area contributed by atoms with Gasteiger partial charge in [-0.1, -0.05) is 23.7 Å². The van der Waals surface area contributed by atoms with Crippen LogP contribution in [0.25, 0.3) is 31.6 Å². The number of halogens is 1. The number of benzene rings is 1. The number of thiophene rings is 2. The van der Waals surface area contributed by atoms with Crippen molar-refractivity contribution in [2.45, 2.75) is 32.2 Å². The molecule has 1 aromatic carbocycles. The molecule has 4 aromatic heterocycles. The topological polar surface area (TPSA) is 78.0 Å². The SMILES string of the molecule is O=c1[nH]c(CN2CCN(c3ncnc4scc(-c5ccc(Cl)cc5)c34)CC2)nc2sc3c(c12)CCCC3. The molecule has 0 spiro atoms. The van der Waals surface area contributed by atoms with E-state index in [0.29, 0.717) is 6.54 Å². The molecule has 0 amide bonds. The van der Waals surface area contributed by atoms with E-state index < -0.39 is 0 Å². The summed E-state index contributed by atoms with van der Waals surface area (Å²) in [5.41, 5.74) is 3.52. The lowest BCUT2D eigenvalue weighted by molar-refractivity contribution is 0.244. The Balaban J connectivity index is 1.11. The van der Waals surface area contributed by atoms with Crippen LogP contribution in [0.4, 0.5) is 5.82 Å². The van der Waals surface area contributed by atoms with E-state index in [0.717, 1.165) is 93.7 Å². The van der Waals surface area contributed by atoms with Gasteiger partial charge >= 0.3 is 0 Å². The Morgan fingerprint density at radius 1 is 0.973 bits per heavy atom. The minimum atomic E-state index is 0.0219. The van der Waals surface area contributed by atoms with Crippen LogP contribution in [0.1, 0.15) is 29.1 Å². The zero-order chi connectivity index (χ0) is 24.9. The quantitative estimate of drug-likeness (QED) is 0.319. The largest absolute Gasteiger partial charge is 0.353 e. The molecule has 0 bridgehead atoms. The van der Waals surface area contributed by atoms with Crippen molar-refractivity contribution in [2.75, 3.05) is 31.1 Å². The van der Waals surface area contributed by atoms with Crippen molar-refractivity contribution < 1.29 is 0 Å². The van der Waals surface area contributed by atoms with Crippen LogP contribution in [0.15, 0.2) is 40.8 Å². The molecule has 1 aliphatic carbocycles. The number of aromatic amines is 1. The number of hydrogen-bond acceptors (Lipinski definition) is 8. The van der Waals surface area contributed by atoms with Gasteiger partial charge in [-0.25, -0.2) is 15.0 Å². The van der Waals surface area contributed by atoms with E-state index in [2.05, 4.69) is 25.1 Å². The average molecular weight is 549 g/mol. The predicted molar refractivity (Wildman–Crippen MR) is 152 cm³/mol. The Bertz CT molecular complexity index is 1670. The Labute approximate surface area is 226 Å². The molecule has 0 unspecified atom stereocenters. The van der Waals surface area contributed by atoms with E-state index in [4.69, 9.17) is 21.6 Å². The maximum Gasteiger partial charge on any atom is 0.259 e. The zero-order valence-electron chi connectivity index (χ0n) is 20.2. The number of nitrogens with zero attached hydrogens (tertiary/aromatic N) is 5. The van der Waals surface area contributed by atoms with Crippen molar-refractivity contribution in [1.29, 1.82) is 0 Å². The van der Waals surface area contributed by atoms with Crippen molar-refractivity contribution in [1.82, 2.24) is 24.8 Å². The predicted octanol–water partition coefficient (Wildman–Crippen LogP) is 5.51. The van der Waals surface area contributed by atoms with Crippen molar-refractivity contribution in [3.63, 3.8) is 0 Å². The van der Waals surface area contributed by atoms with Gasteiger partial charge in [0.05, 0.1) is 17.3 Å². The van der Waals surface area contributed by atoms with Crippen LogP contribution in [0.3, 0.4) is 0 Å². The summed E-state index contributed by atoms with van der Waals surface area (Å²) in [6.07, 6.45) is 6.11. The van der Waals surface area contributed by atoms with Crippen LogP contribution < -0.4 is 10.5 Å². The monoisotopic (exact) mass is 548 g/mol. The van der Waals surface area contributed by atoms with Crippen LogP contribution in [0, 0.1) is 0 Å². The van der Waals surface area contributed by atoms with E-state index in [1.165, 1.54) is 16.9 Å². The minimum Gasteiger partial charge on any atom is -0.353 e. The molecule has 7 nitrogen and oxygen atoms in total. The third kappa shape index (κ3) is 4.24. The lowest BCUT2D eigenvalue weighted by Crippen LogP contribution is -2.46. The van der Waals surface area contributed by atoms with E-state index in [9.17, 15) is 4.79 Å². The number of fused-ring (bicyclic) bond motifs is 4. The maximum atomic E-state index is 12.9. The van der Waals surface area contributed by atoms with E-state index in [1.807, 2.05) is 24.3 Å². The number of piperazine rings is 1. The molecule has 0 radical (unpaired) electrons. The molecular weight excluding hydrogens is 524 g/mol. The molecule has 1 aliphatic heterocycles. The number of rotatable bonds is 4. The first-order chi connectivity index (χ1) is 18.1. The first-order valence-corrected chi connectivity index (χ1v) is 14.7. The Morgan fingerprint density at radius 3 is 2.62 bits per heavy atom. The number of H-pyrrole nitrogens is 1. The molecule has 5 heterocycles. The molecular formula is C27H25ClN6OS2. The number of hydrogen-bond donors (Lipinski definition) is 1. The van der Waals surface area contributed by atoms with Gasteiger partial charge in [0, 0.05) is 47.0 Å². The maximum absolute atomic E-state index is 12.9. The lowest BCUT2D eigenvalue weighted by atomic mass is 9.97. The van der Waals surface area contributed by atoms with Crippen LogP contribution in [0.5, 0.6) is 0 Å². The summed E-state index contributed by atoms with van der Waals surface area (Å²) >= 11 is 9.47. The van der Waals surface area contributed by atoms with Crippen molar-refractivity contribution >= 4 is 60.5 Å². The highest BCUT2D eigenvalue weighted by atomic mass is 35.5. The first kappa shape index (κ1) is 23.3. The average Bonchev–Trinajstić information content (AvgIpc) is 3.51. The summed E-state index contributed by atoms with van der Waals surface area (Å²) in [6.45, 7) is 4.09. The minimum absolute atomic E-state index is 0.0219. The fraction of sp³-hybridized carbons (Fsp3) is 0.333. The summed E-state index contributed by atoms with van der Waals surface area (Å²) < 4.78 is 0. The summed E-state index contributed by atoms with van der Waals surface area (Å²) in [7, 11) is 0. The van der Waals surface area contributed by atoms with Crippen molar-refractivity contribution in [3.8, 4) is 11.1 Å². The second-order valence-corrected chi connectivity index (χ2v) is 12.1. The van der Waals surface area contributed by atoms with Gasteiger partial charge in [0.1, 0.15) is 27.6 Å². The normalized spacial score (nSPS) is 16.5. The van der Waals surface area contributed by atoms with Gasteiger partial charge in [0.25, 0.3) is 5.56 Å². The second kappa shape index (κ2) is 9.47. The standard InChI is InChI=1S/C27H25ClN6OS2/c28-17-7-5-16(6-8-17)19-14-36-26-22(19)24(29-15-30-26)34-11-9-33(10-12-34)13-21-31-25(35)23-18-3-1-2-4-20(18)37-27(23)32-21/h5-8,14-15H,1-4,9-13H2,(H,31,32,35). The Kier molecular flexibility index (Phi) is 5.96. The van der Waals surface area contributed by atoms with Gasteiger partial charge in [-0.2, -0.15) is 0 Å². The Morgan fingerprint density at radius 2 is 1.78 bits per heavy atom. The van der Waals surface area contributed by atoms with Gasteiger partial charge < -0.3 is 9.88 Å². The third-order valence-corrected chi connectivity index (χ3v) is 9.75. The van der Waals surface area contributed by atoms with Gasteiger partial charge in [-0.3, -0.25) is 9.69 Å². The molecule has 5 aromatic rings. The second-order valence-electron chi connectivity index (χ2n) is 9.70. The number of anilines is 1. The molecule has 2 aliphatic rings. The van der Waals surface area contributed by atoms with Crippen LogP contribution >= 0.6 is 34.3 Å². The highest BCUT2D eigenvalue weighted by Crippen LogP contribution is 2.38. The smallest absolute Gasteiger partial charge is 0.259 e.